The summed E-state index contributed by atoms with van der Waals surface area (Å²) in [7, 11) is 1.72. The minimum atomic E-state index is -0.627. The number of aromatic nitrogens is 2. The Hall–Kier alpha value is -4.24. The van der Waals surface area contributed by atoms with E-state index in [0.717, 1.165) is 5.56 Å². The number of aromatic amines is 1. The maximum atomic E-state index is 15.3. The summed E-state index contributed by atoms with van der Waals surface area (Å²) in [6.07, 6.45) is 0.481. The lowest BCUT2D eigenvalue weighted by atomic mass is 9.83. The van der Waals surface area contributed by atoms with Crippen LogP contribution in [0.15, 0.2) is 42.5 Å². The van der Waals surface area contributed by atoms with Gasteiger partial charge in [0, 0.05) is 24.5 Å². The zero-order valence-electron chi connectivity index (χ0n) is 21.8. The van der Waals surface area contributed by atoms with Gasteiger partial charge in [0.15, 0.2) is 5.82 Å². The first-order valence-electron chi connectivity index (χ1n) is 12.4. The summed E-state index contributed by atoms with van der Waals surface area (Å²) in [5.41, 5.74) is 9.99. The minimum Gasteiger partial charge on any atom is -0.392 e. The minimum absolute atomic E-state index is 0.0630. The number of primary amides is 1. The van der Waals surface area contributed by atoms with Gasteiger partial charge in [-0.3, -0.25) is 14.7 Å². The summed E-state index contributed by atoms with van der Waals surface area (Å²) < 4.78 is 15.3. The summed E-state index contributed by atoms with van der Waals surface area (Å²) in [6.45, 7) is 5.99. The number of carbonyl (C=O) groups is 2. The zero-order valence-corrected chi connectivity index (χ0v) is 21.8. The molecule has 0 saturated carbocycles. The lowest BCUT2D eigenvalue weighted by molar-refractivity contribution is 0.0973. The lowest BCUT2D eigenvalue weighted by Gasteiger charge is -2.32. The molecule has 3 aromatic carbocycles. The summed E-state index contributed by atoms with van der Waals surface area (Å²) >= 11 is 0. The molecule has 5 N–H and O–H groups in total. The van der Waals surface area contributed by atoms with Crippen molar-refractivity contribution < 1.29 is 19.1 Å². The molecule has 0 saturated heterocycles. The number of nitrogens with zero attached hydrogens (tertiary/aromatic N) is 2. The average molecular weight is 516 g/mol. The molecule has 0 fully saturated rings. The smallest absolute Gasteiger partial charge is 0.261 e. The first-order chi connectivity index (χ1) is 18.0. The van der Waals surface area contributed by atoms with Crippen molar-refractivity contribution in [3.05, 3.63) is 76.1 Å². The molecule has 196 valence electrons. The highest BCUT2D eigenvalue weighted by atomic mass is 19.1. The predicted octanol–water partition coefficient (Wildman–Crippen LogP) is 4.50. The van der Waals surface area contributed by atoms with Gasteiger partial charge in [-0.25, -0.2) is 4.39 Å². The normalized spacial score (nSPS) is 13.6. The largest absolute Gasteiger partial charge is 0.392 e. The number of anilines is 2. The Kier molecular flexibility index (Phi) is 6.19. The number of benzene rings is 3. The van der Waals surface area contributed by atoms with Crippen LogP contribution < -0.4 is 16.0 Å². The van der Waals surface area contributed by atoms with Crippen molar-refractivity contribution in [3.8, 4) is 11.1 Å². The molecule has 0 unspecified atom stereocenters. The van der Waals surface area contributed by atoms with Crippen LogP contribution in [0.25, 0.3) is 22.0 Å². The second-order valence-corrected chi connectivity index (χ2v) is 10.5. The van der Waals surface area contributed by atoms with E-state index in [0.29, 0.717) is 57.6 Å². The van der Waals surface area contributed by atoms with E-state index in [9.17, 15) is 14.7 Å². The highest BCUT2D eigenvalue weighted by molar-refractivity contribution is 6.11. The molecule has 0 radical (unpaired) electrons. The van der Waals surface area contributed by atoms with Crippen LogP contribution in [-0.2, 0) is 18.4 Å². The van der Waals surface area contributed by atoms with E-state index >= 15 is 4.39 Å². The number of hydrogen-bond donors (Lipinski definition) is 4. The number of rotatable bonds is 5. The third-order valence-corrected chi connectivity index (χ3v) is 7.19. The van der Waals surface area contributed by atoms with Crippen LogP contribution in [0, 0.1) is 5.82 Å². The maximum absolute atomic E-state index is 15.3. The second-order valence-electron chi connectivity index (χ2n) is 10.5. The number of halogens is 1. The van der Waals surface area contributed by atoms with Gasteiger partial charge in [-0.05, 0) is 58.4 Å². The molecule has 2 amide bonds. The quantitative estimate of drug-likeness (QED) is 0.312. The molecule has 0 spiro atoms. The Morgan fingerprint density at radius 1 is 1.24 bits per heavy atom. The highest BCUT2D eigenvalue weighted by Gasteiger charge is 2.32. The van der Waals surface area contributed by atoms with Crippen molar-refractivity contribution >= 4 is 34.2 Å². The highest BCUT2D eigenvalue weighted by Crippen LogP contribution is 2.38. The second kappa shape index (κ2) is 9.25. The molecule has 0 atom stereocenters. The molecular formula is C29H30FN5O3. The van der Waals surface area contributed by atoms with Gasteiger partial charge in [0.25, 0.3) is 11.8 Å². The third kappa shape index (κ3) is 4.09. The molecular weight excluding hydrogens is 485 g/mol. The number of hydrogen-bond acceptors (Lipinski definition) is 5. The van der Waals surface area contributed by atoms with Crippen molar-refractivity contribution in [2.45, 2.75) is 39.2 Å². The van der Waals surface area contributed by atoms with Crippen LogP contribution in [0.2, 0.25) is 0 Å². The monoisotopic (exact) mass is 515 g/mol. The number of nitrogens with two attached hydrogens (primary N) is 1. The van der Waals surface area contributed by atoms with Gasteiger partial charge < -0.3 is 21.1 Å². The van der Waals surface area contributed by atoms with Crippen molar-refractivity contribution in [3.63, 3.8) is 0 Å². The number of H-pyrrole nitrogens is 1. The maximum Gasteiger partial charge on any atom is 0.261 e. The number of aliphatic hydroxyl groups excluding tert-OH is 1. The van der Waals surface area contributed by atoms with E-state index < -0.39 is 17.6 Å². The molecule has 4 aromatic rings. The van der Waals surface area contributed by atoms with Crippen molar-refractivity contribution in [2.75, 3.05) is 23.8 Å². The first-order valence-corrected chi connectivity index (χ1v) is 12.4. The number of nitrogens with one attached hydrogen (secondary N) is 2. The van der Waals surface area contributed by atoms with Crippen molar-refractivity contribution in [1.82, 2.24) is 10.2 Å². The van der Waals surface area contributed by atoms with Gasteiger partial charge >= 0.3 is 0 Å². The summed E-state index contributed by atoms with van der Waals surface area (Å²) in [5, 5.41) is 21.2. The fraction of sp³-hybridized carbons (Fsp3) is 0.276. The van der Waals surface area contributed by atoms with Crippen LogP contribution >= 0.6 is 0 Å². The van der Waals surface area contributed by atoms with Gasteiger partial charge in [0.05, 0.1) is 28.9 Å². The molecule has 2 heterocycles. The summed E-state index contributed by atoms with van der Waals surface area (Å²) in [5.74, 6) is -1.08. The van der Waals surface area contributed by atoms with E-state index in [2.05, 4.69) is 15.5 Å². The Bertz CT molecular complexity index is 1600. The lowest BCUT2D eigenvalue weighted by Crippen LogP contribution is -2.39. The van der Waals surface area contributed by atoms with Crippen molar-refractivity contribution in [1.29, 1.82) is 0 Å². The van der Waals surface area contributed by atoms with Gasteiger partial charge in [-0.15, -0.1) is 0 Å². The third-order valence-electron chi connectivity index (χ3n) is 7.19. The Morgan fingerprint density at radius 3 is 2.66 bits per heavy atom. The van der Waals surface area contributed by atoms with E-state index in [1.54, 1.807) is 31.3 Å². The number of carbonyl (C=O) groups excluding carboxylic acids is 2. The summed E-state index contributed by atoms with van der Waals surface area (Å²) in [6, 6.07) is 12.2. The van der Waals surface area contributed by atoms with Crippen LogP contribution in [0.3, 0.4) is 0 Å². The molecule has 9 heteroatoms. The van der Waals surface area contributed by atoms with Crippen LogP contribution in [-0.4, -0.2) is 40.7 Å². The molecule has 8 nitrogen and oxygen atoms in total. The Balaban J connectivity index is 1.63. The first kappa shape index (κ1) is 25.4. The number of aliphatic hydroxyl groups is 1. The van der Waals surface area contributed by atoms with E-state index in [4.69, 9.17) is 5.73 Å². The molecule has 5 rings (SSSR count). The van der Waals surface area contributed by atoms with Gasteiger partial charge in [0.1, 0.15) is 5.82 Å². The van der Waals surface area contributed by atoms with Crippen LogP contribution in [0.5, 0.6) is 0 Å². The fourth-order valence-electron chi connectivity index (χ4n) is 5.16. The average Bonchev–Trinajstić information content (AvgIpc) is 3.30. The van der Waals surface area contributed by atoms with Gasteiger partial charge in [-0.1, -0.05) is 39.0 Å². The van der Waals surface area contributed by atoms with E-state index in [1.165, 1.54) is 11.0 Å². The Morgan fingerprint density at radius 2 is 2.00 bits per heavy atom. The topological polar surface area (TPSA) is 124 Å². The zero-order chi connectivity index (χ0) is 27.4. The van der Waals surface area contributed by atoms with Crippen LogP contribution in [0.4, 0.5) is 15.9 Å². The fourth-order valence-corrected chi connectivity index (χ4v) is 5.16. The van der Waals surface area contributed by atoms with E-state index in [1.807, 2.05) is 32.9 Å². The number of amides is 2. The molecule has 1 aromatic heterocycles. The molecule has 0 bridgehead atoms. The molecule has 0 aliphatic carbocycles. The standard InChI is InChI=1S/C29H30FN5O3/c1-29(2,3)17-10-15-8-9-35(28(38)24(15)22(30)13-17)23-7-5-6-18(21(23)14-36)16-11-19(26(31)37)25-20(12-16)27(32-4)34-33-25/h5-7,10-13,36H,8-9,14H2,1-4H3,(H2,31,37)(H2,32,33,34). The Labute approximate surface area is 219 Å². The molecule has 38 heavy (non-hydrogen) atoms. The van der Waals surface area contributed by atoms with E-state index in [-0.39, 0.29) is 23.1 Å². The SMILES string of the molecule is CNc1n[nH]c2c(C(N)=O)cc(-c3cccc(N4CCc5cc(C(C)(C)C)cc(F)c5C4=O)c3CO)cc12. The number of fused-ring (bicyclic) bond motifs is 2. The molecule has 1 aliphatic rings. The van der Waals surface area contributed by atoms with Crippen molar-refractivity contribution in [2.24, 2.45) is 5.73 Å². The van der Waals surface area contributed by atoms with Gasteiger partial charge in [-0.2, -0.15) is 5.10 Å². The van der Waals surface area contributed by atoms with Gasteiger partial charge in [0.2, 0.25) is 0 Å². The predicted molar refractivity (Wildman–Crippen MR) is 146 cm³/mol. The summed E-state index contributed by atoms with van der Waals surface area (Å²) in [4.78, 5) is 27.4. The van der Waals surface area contributed by atoms with Crippen LogP contribution in [0.1, 0.15) is 58.2 Å². The molecule has 1 aliphatic heterocycles.